The number of nitrogens with one attached hydrogen (secondary N) is 1. The number of amides is 1. The predicted octanol–water partition coefficient (Wildman–Crippen LogP) is 2.37. The monoisotopic (exact) mass is 364 g/mol. The number of carbonyl (C=O) groups is 1. The summed E-state index contributed by atoms with van der Waals surface area (Å²) in [4.78, 5) is 18.1. The van der Waals surface area contributed by atoms with Gasteiger partial charge >= 0.3 is 6.18 Å². The van der Waals surface area contributed by atoms with E-state index >= 15 is 0 Å². The Bertz CT molecular complexity index is 592. The molecular weight excluding hydrogens is 345 g/mol. The molecule has 5 nitrogen and oxygen atoms in total. The van der Waals surface area contributed by atoms with E-state index in [-0.39, 0.29) is 6.54 Å². The Hall–Kier alpha value is -1.96. The average molecular weight is 365 g/mol. The zero-order chi connectivity index (χ0) is 18.3. The van der Waals surface area contributed by atoms with Gasteiger partial charge in [0.25, 0.3) is 0 Å². The standard InChI is InChI=1S/C15H20ClF3N4O/c1-20-14(21-8-13(24)23(3)10-15(17,18)19)22(2)9-11-6-4-5-7-12(11)16/h4-7H,8-10H2,1-3H3,(H,20,21). The van der Waals surface area contributed by atoms with Crippen LogP contribution in [-0.4, -0.2) is 62.1 Å². The van der Waals surface area contributed by atoms with Gasteiger partial charge in [0, 0.05) is 32.7 Å². The van der Waals surface area contributed by atoms with Gasteiger partial charge in [0.1, 0.15) is 6.54 Å². The van der Waals surface area contributed by atoms with Crippen molar-refractivity contribution in [3.8, 4) is 0 Å². The van der Waals surface area contributed by atoms with E-state index in [1.807, 2.05) is 18.2 Å². The van der Waals surface area contributed by atoms with Crippen molar-refractivity contribution in [1.29, 1.82) is 0 Å². The third kappa shape index (κ3) is 6.66. The number of halogens is 4. The van der Waals surface area contributed by atoms with Gasteiger partial charge in [-0.15, -0.1) is 0 Å². The first kappa shape index (κ1) is 20.1. The van der Waals surface area contributed by atoms with E-state index < -0.39 is 18.6 Å². The molecule has 0 unspecified atom stereocenters. The maximum atomic E-state index is 12.3. The fraction of sp³-hybridized carbons (Fsp3) is 0.467. The average Bonchev–Trinajstić information content (AvgIpc) is 2.48. The number of benzene rings is 1. The smallest absolute Gasteiger partial charge is 0.347 e. The topological polar surface area (TPSA) is 47.9 Å². The Morgan fingerprint density at radius 3 is 2.42 bits per heavy atom. The molecule has 0 saturated heterocycles. The molecule has 0 aliphatic rings. The van der Waals surface area contributed by atoms with Gasteiger partial charge in [-0.1, -0.05) is 29.8 Å². The summed E-state index contributed by atoms with van der Waals surface area (Å²) in [6.45, 7) is -1.14. The molecule has 0 radical (unpaired) electrons. The Morgan fingerprint density at radius 2 is 1.88 bits per heavy atom. The molecule has 0 spiro atoms. The highest BCUT2D eigenvalue weighted by molar-refractivity contribution is 6.31. The van der Waals surface area contributed by atoms with Crippen molar-refractivity contribution in [2.24, 2.45) is 4.99 Å². The van der Waals surface area contributed by atoms with Crippen LogP contribution in [0.2, 0.25) is 5.02 Å². The highest BCUT2D eigenvalue weighted by atomic mass is 35.5. The molecular formula is C15H20ClF3N4O. The van der Waals surface area contributed by atoms with Crippen molar-refractivity contribution in [3.63, 3.8) is 0 Å². The molecule has 0 atom stereocenters. The summed E-state index contributed by atoms with van der Waals surface area (Å²) in [6, 6.07) is 7.28. The van der Waals surface area contributed by atoms with Crippen molar-refractivity contribution in [3.05, 3.63) is 34.9 Å². The van der Waals surface area contributed by atoms with Gasteiger partial charge in [-0.05, 0) is 11.6 Å². The zero-order valence-electron chi connectivity index (χ0n) is 13.7. The molecule has 0 saturated carbocycles. The van der Waals surface area contributed by atoms with Crippen molar-refractivity contribution < 1.29 is 18.0 Å². The molecule has 1 rings (SSSR count). The molecule has 0 heterocycles. The summed E-state index contributed by atoms with van der Waals surface area (Å²) in [5.74, 6) is -0.303. The van der Waals surface area contributed by atoms with Gasteiger partial charge in [0.05, 0.1) is 6.54 Å². The number of aliphatic imine (C=N–C) groups is 1. The Labute approximate surface area is 144 Å². The van der Waals surface area contributed by atoms with E-state index in [1.54, 1.807) is 18.0 Å². The molecule has 134 valence electrons. The molecule has 0 fully saturated rings. The molecule has 1 amide bonds. The largest absolute Gasteiger partial charge is 0.406 e. The van der Waals surface area contributed by atoms with E-state index in [4.69, 9.17) is 11.6 Å². The van der Waals surface area contributed by atoms with E-state index in [0.29, 0.717) is 22.4 Å². The molecule has 0 aliphatic carbocycles. The lowest BCUT2D eigenvalue weighted by molar-refractivity contribution is -0.157. The minimum absolute atomic E-state index is 0.286. The van der Waals surface area contributed by atoms with Gasteiger partial charge in [-0.2, -0.15) is 13.2 Å². The number of carbonyl (C=O) groups excluding carboxylic acids is 1. The molecule has 1 N–H and O–H groups in total. The van der Waals surface area contributed by atoms with Crippen LogP contribution in [0.5, 0.6) is 0 Å². The molecule has 1 aromatic carbocycles. The number of nitrogens with zero attached hydrogens (tertiary/aromatic N) is 3. The number of likely N-dealkylation sites (N-methyl/N-ethyl adjacent to an activating group) is 1. The van der Waals surface area contributed by atoms with E-state index in [1.165, 1.54) is 7.05 Å². The van der Waals surface area contributed by atoms with Gasteiger partial charge < -0.3 is 15.1 Å². The van der Waals surface area contributed by atoms with Crippen LogP contribution in [0.25, 0.3) is 0 Å². The molecule has 0 bridgehead atoms. The summed E-state index contributed by atoms with van der Waals surface area (Å²) in [6.07, 6.45) is -4.42. The normalized spacial score (nSPS) is 12.0. The van der Waals surface area contributed by atoms with Gasteiger partial charge in [0.15, 0.2) is 5.96 Å². The first-order chi connectivity index (χ1) is 11.1. The summed E-state index contributed by atoms with van der Waals surface area (Å²) in [5.41, 5.74) is 0.866. The van der Waals surface area contributed by atoms with E-state index in [2.05, 4.69) is 10.3 Å². The van der Waals surface area contributed by atoms with Crippen LogP contribution in [0.1, 0.15) is 5.56 Å². The highest BCUT2D eigenvalue weighted by Crippen LogP contribution is 2.17. The first-order valence-electron chi connectivity index (χ1n) is 7.10. The lowest BCUT2D eigenvalue weighted by Crippen LogP contribution is -2.45. The second-order valence-electron chi connectivity index (χ2n) is 5.21. The van der Waals surface area contributed by atoms with Gasteiger partial charge in [-0.25, -0.2) is 0 Å². The lowest BCUT2D eigenvalue weighted by Gasteiger charge is -2.24. The molecule has 0 aliphatic heterocycles. The third-order valence-corrected chi connectivity index (χ3v) is 3.55. The second-order valence-corrected chi connectivity index (χ2v) is 5.62. The van der Waals surface area contributed by atoms with Crippen molar-refractivity contribution in [2.75, 3.05) is 34.2 Å². The third-order valence-electron chi connectivity index (χ3n) is 3.18. The Kier molecular flexibility index (Phi) is 7.34. The number of hydrogen-bond acceptors (Lipinski definition) is 2. The Balaban J connectivity index is 2.58. The van der Waals surface area contributed by atoms with Crippen molar-refractivity contribution >= 4 is 23.5 Å². The van der Waals surface area contributed by atoms with Crippen LogP contribution in [0.4, 0.5) is 13.2 Å². The van der Waals surface area contributed by atoms with E-state index in [0.717, 1.165) is 12.6 Å². The second kappa shape index (κ2) is 8.77. The molecule has 9 heteroatoms. The van der Waals surface area contributed by atoms with Crippen LogP contribution >= 0.6 is 11.6 Å². The quantitative estimate of drug-likeness (QED) is 0.644. The Morgan fingerprint density at radius 1 is 1.25 bits per heavy atom. The maximum absolute atomic E-state index is 12.3. The lowest BCUT2D eigenvalue weighted by atomic mass is 10.2. The summed E-state index contributed by atoms with van der Waals surface area (Å²) in [7, 11) is 4.37. The summed E-state index contributed by atoms with van der Waals surface area (Å²) in [5, 5.41) is 3.35. The number of alkyl halides is 3. The van der Waals surface area contributed by atoms with Crippen LogP contribution < -0.4 is 5.32 Å². The van der Waals surface area contributed by atoms with Crippen LogP contribution in [0.3, 0.4) is 0 Å². The van der Waals surface area contributed by atoms with Gasteiger partial charge in [0.2, 0.25) is 5.91 Å². The van der Waals surface area contributed by atoms with Crippen molar-refractivity contribution in [1.82, 2.24) is 15.1 Å². The summed E-state index contributed by atoms with van der Waals surface area (Å²) < 4.78 is 36.8. The first-order valence-corrected chi connectivity index (χ1v) is 7.47. The number of guanidine groups is 1. The van der Waals surface area contributed by atoms with Gasteiger partial charge in [-0.3, -0.25) is 9.79 Å². The fourth-order valence-electron chi connectivity index (χ4n) is 1.99. The molecule has 0 aromatic heterocycles. The fourth-order valence-corrected chi connectivity index (χ4v) is 2.18. The SMILES string of the molecule is CN=C(NCC(=O)N(C)CC(F)(F)F)N(C)Cc1ccccc1Cl. The zero-order valence-corrected chi connectivity index (χ0v) is 14.4. The highest BCUT2D eigenvalue weighted by Gasteiger charge is 2.31. The minimum Gasteiger partial charge on any atom is -0.347 e. The maximum Gasteiger partial charge on any atom is 0.406 e. The number of hydrogen-bond donors (Lipinski definition) is 1. The molecule has 24 heavy (non-hydrogen) atoms. The van der Waals surface area contributed by atoms with Crippen molar-refractivity contribution in [2.45, 2.75) is 12.7 Å². The number of rotatable bonds is 5. The van der Waals surface area contributed by atoms with Crippen LogP contribution in [0.15, 0.2) is 29.3 Å². The molecule has 1 aromatic rings. The predicted molar refractivity (Wildman–Crippen MR) is 88.0 cm³/mol. The summed E-state index contributed by atoms with van der Waals surface area (Å²) >= 11 is 6.09. The van der Waals surface area contributed by atoms with Crippen LogP contribution in [-0.2, 0) is 11.3 Å². The van der Waals surface area contributed by atoms with Crippen LogP contribution in [0, 0.1) is 0 Å². The van der Waals surface area contributed by atoms with E-state index in [9.17, 15) is 18.0 Å². The minimum atomic E-state index is -4.42.